The van der Waals surface area contributed by atoms with Crippen molar-refractivity contribution in [3.05, 3.63) is 223 Å². The molecule has 4 nitrogen and oxygen atoms in total. The Morgan fingerprint density at radius 2 is 0.954 bits per heavy atom. The van der Waals surface area contributed by atoms with Crippen molar-refractivity contribution in [2.75, 3.05) is 0 Å². The average Bonchev–Trinajstić information content (AvgIpc) is 3.79. The first-order valence-electron chi connectivity index (χ1n) is 22.3. The monoisotopic (exact) mass is 832 g/mol. The minimum atomic E-state index is -0.124. The molecule has 0 unspecified atom stereocenters. The number of fused-ring (bicyclic) bond motifs is 10. The van der Waals surface area contributed by atoms with Crippen LogP contribution in [-0.4, -0.2) is 19.5 Å². The molecule has 0 aliphatic heterocycles. The molecule has 0 saturated heterocycles. The molecule has 308 valence electrons. The quantitative estimate of drug-likeness (QED) is 0.150. The largest absolute Gasteiger partial charge is 0.278 e. The summed E-state index contributed by atoms with van der Waals surface area (Å²) < 4.78 is 2.24. The highest BCUT2D eigenvalue weighted by Gasteiger charge is 2.35. The number of rotatable bonds is 7. The predicted molar refractivity (Wildman–Crippen MR) is 273 cm³/mol. The second kappa shape index (κ2) is 15.0. The third-order valence-corrected chi connectivity index (χ3v) is 13.5. The predicted octanol–water partition coefficient (Wildman–Crippen LogP) is 15.9. The smallest absolute Gasteiger partial charge is 0.238 e. The van der Waals surface area contributed by atoms with E-state index in [1.807, 2.05) is 42.5 Å². The van der Waals surface area contributed by atoms with Crippen LogP contribution in [0.5, 0.6) is 0 Å². The van der Waals surface area contributed by atoms with Crippen molar-refractivity contribution in [3.63, 3.8) is 0 Å². The van der Waals surface area contributed by atoms with Crippen molar-refractivity contribution in [1.29, 1.82) is 0 Å². The molecule has 0 amide bonds. The van der Waals surface area contributed by atoms with Gasteiger partial charge in [-0.1, -0.05) is 184 Å². The van der Waals surface area contributed by atoms with Crippen LogP contribution in [0.2, 0.25) is 0 Å². The lowest BCUT2D eigenvalue weighted by molar-refractivity contribution is 0.654. The van der Waals surface area contributed by atoms with Crippen LogP contribution < -0.4 is 0 Å². The third kappa shape index (κ3) is 6.09. The van der Waals surface area contributed by atoms with Gasteiger partial charge in [-0.15, -0.1) is 0 Å². The SMILES string of the molecule is C=CC1=C(/C=C\C)c2cc(-c3ccc4c5ccccc5c5cc6c(cc5c4c3)c3cc(-c4ccccc4)ccc3n6-c3nc(-c4ccccc4)nc(-c4ccccc4)n3)ccc2C1(C)C. The highest BCUT2D eigenvalue weighted by Crippen LogP contribution is 2.49. The zero-order valence-electron chi connectivity index (χ0n) is 36.5. The maximum Gasteiger partial charge on any atom is 0.238 e. The molecule has 0 radical (unpaired) electrons. The number of allylic oxidation sites excluding steroid dienone is 5. The van der Waals surface area contributed by atoms with Crippen molar-refractivity contribution >= 4 is 59.7 Å². The fraction of sp³-hybridized carbons (Fsp3) is 0.0656. The Morgan fingerprint density at radius 1 is 0.446 bits per heavy atom. The molecular weight excluding hydrogens is 789 g/mol. The molecule has 1 aliphatic rings. The summed E-state index contributed by atoms with van der Waals surface area (Å²) in [5, 5.41) is 9.51. The van der Waals surface area contributed by atoms with Crippen LogP contribution in [0, 0.1) is 0 Å². The van der Waals surface area contributed by atoms with Crippen molar-refractivity contribution in [3.8, 4) is 51.0 Å². The van der Waals surface area contributed by atoms with Crippen molar-refractivity contribution < 1.29 is 0 Å². The number of benzene rings is 9. The van der Waals surface area contributed by atoms with E-state index in [2.05, 4.69) is 190 Å². The highest BCUT2D eigenvalue weighted by atomic mass is 15.2. The van der Waals surface area contributed by atoms with Gasteiger partial charge < -0.3 is 0 Å². The van der Waals surface area contributed by atoms with Crippen LogP contribution in [0.1, 0.15) is 31.9 Å². The van der Waals surface area contributed by atoms with E-state index < -0.39 is 0 Å². The minimum Gasteiger partial charge on any atom is -0.278 e. The van der Waals surface area contributed by atoms with E-state index in [0.717, 1.165) is 38.5 Å². The summed E-state index contributed by atoms with van der Waals surface area (Å²) in [5.41, 5.74) is 13.6. The molecule has 0 bridgehead atoms. The molecule has 12 rings (SSSR count). The van der Waals surface area contributed by atoms with Gasteiger partial charge in [0, 0.05) is 27.3 Å². The zero-order valence-corrected chi connectivity index (χ0v) is 36.5. The Labute approximate surface area is 378 Å². The van der Waals surface area contributed by atoms with Gasteiger partial charge in [-0.05, 0) is 120 Å². The molecule has 0 fully saturated rings. The summed E-state index contributed by atoms with van der Waals surface area (Å²) in [6.45, 7) is 10.9. The molecule has 65 heavy (non-hydrogen) atoms. The highest BCUT2D eigenvalue weighted by molar-refractivity contribution is 6.29. The van der Waals surface area contributed by atoms with Crippen LogP contribution in [-0.2, 0) is 5.41 Å². The van der Waals surface area contributed by atoms with Gasteiger partial charge in [0.25, 0.3) is 0 Å². The molecule has 2 aromatic heterocycles. The first-order chi connectivity index (χ1) is 31.9. The lowest BCUT2D eigenvalue weighted by Crippen LogP contribution is -2.15. The van der Waals surface area contributed by atoms with Gasteiger partial charge in [0.05, 0.1) is 11.0 Å². The number of nitrogens with zero attached hydrogens (tertiary/aromatic N) is 4. The molecule has 11 aromatic rings. The molecule has 0 N–H and O–H groups in total. The van der Waals surface area contributed by atoms with E-state index in [0.29, 0.717) is 17.6 Å². The fourth-order valence-electron chi connectivity index (χ4n) is 10.4. The number of aromatic nitrogens is 4. The van der Waals surface area contributed by atoms with Gasteiger partial charge in [0.1, 0.15) is 0 Å². The zero-order chi connectivity index (χ0) is 43.8. The summed E-state index contributed by atoms with van der Waals surface area (Å²) in [6, 6.07) is 65.4. The fourth-order valence-corrected chi connectivity index (χ4v) is 10.4. The molecule has 4 heteroatoms. The first-order valence-corrected chi connectivity index (χ1v) is 22.3. The van der Waals surface area contributed by atoms with Gasteiger partial charge >= 0.3 is 0 Å². The van der Waals surface area contributed by atoms with Gasteiger partial charge in [-0.2, -0.15) is 9.97 Å². The van der Waals surface area contributed by atoms with Gasteiger partial charge in [0.2, 0.25) is 5.95 Å². The molecular formula is C61H44N4. The van der Waals surface area contributed by atoms with Gasteiger partial charge in [-0.3, -0.25) is 4.57 Å². The number of hydrogen-bond donors (Lipinski definition) is 0. The lowest BCUT2D eigenvalue weighted by Gasteiger charge is -2.22. The standard InChI is InChI=1S/C61H44N4/c1-5-18-47-51-34-43(28-31-55(51)61(3,4)54(47)6-2)42-27-30-46-44-25-16-17-26-45(44)50-37-57-53(36-49(50)48(46)33-42)52-35-41(38-19-10-7-11-20-38)29-32-56(52)65(57)60-63-58(39-21-12-8-13-22-39)62-59(64-60)40-23-14-9-15-24-40/h5-37H,2H2,1,3-4H3/b18-5-. The van der Waals surface area contributed by atoms with Crippen LogP contribution in [0.15, 0.2) is 212 Å². The van der Waals surface area contributed by atoms with Crippen molar-refractivity contribution in [2.45, 2.75) is 26.2 Å². The van der Waals surface area contributed by atoms with E-state index in [-0.39, 0.29) is 5.41 Å². The molecule has 0 saturated carbocycles. The topological polar surface area (TPSA) is 43.6 Å². The normalized spacial score (nSPS) is 13.5. The average molecular weight is 833 g/mol. The van der Waals surface area contributed by atoms with E-state index in [9.17, 15) is 0 Å². The summed E-state index contributed by atoms with van der Waals surface area (Å²) >= 11 is 0. The molecule has 9 aromatic carbocycles. The third-order valence-electron chi connectivity index (χ3n) is 13.5. The molecule has 1 aliphatic carbocycles. The lowest BCUT2D eigenvalue weighted by atomic mass is 9.81. The summed E-state index contributed by atoms with van der Waals surface area (Å²) in [5.74, 6) is 1.82. The van der Waals surface area contributed by atoms with Crippen LogP contribution in [0.4, 0.5) is 0 Å². The van der Waals surface area contributed by atoms with Crippen LogP contribution in [0.3, 0.4) is 0 Å². The van der Waals surface area contributed by atoms with Gasteiger partial charge in [-0.25, -0.2) is 4.98 Å². The minimum absolute atomic E-state index is 0.124. The summed E-state index contributed by atoms with van der Waals surface area (Å²) in [7, 11) is 0. The van der Waals surface area contributed by atoms with Crippen LogP contribution >= 0.6 is 0 Å². The van der Waals surface area contributed by atoms with Crippen LogP contribution in [0.25, 0.3) is 111 Å². The summed E-state index contributed by atoms with van der Waals surface area (Å²) in [6.07, 6.45) is 6.41. The van der Waals surface area contributed by atoms with Crippen molar-refractivity contribution in [1.82, 2.24) is 19.5 Å². The second-order valence-electron chi connectivity index (χ2n) is 17.6. The van der Waals surface area contributed by atoms with Crippen molar-refractivity contribution in [2.24, 2.45) is 0 Å². The molecule has 0 atom stereocenters. The molecule has 2 heterocycles. The van der Waals surface area contributed by atoms with Gasteiger partial charge in [0.15, 0.2) is 11.6 Å². The van der Waals surface area contributed by atoms with E-state index in [1.54, 1.807) is 0 Å². The maximum atomic E-state index is 5.28. The Hall–Kier alpha value is -8.21. The Balaban J connectivity index is 1.16. The summed E-state index contributed by atoms with van der Waals surface area (Å²) in [4.78, 5) is 15.6. The second-order valence-corrected chi connectivity index (χ2v) is 17.6. The van der Waals surface area contributed by atoms with E-state index >= 15 is 0 Å². The Bertz CT molecular complexity index is 3740. The Morgan fingerprint density at radius 3 is 1.62 bits per heavy atom. The molecule has 0 spiro atoms. The van der Waals surface area contributed by atoms with E-state index in [4.69, 9.17) is 15.0 Å². The van der Waals surface area contributed by atoms with E-state index in [1.165, 1.54) is 71.3 Å². The first kappa shape index (κ1) is 38.5. The maximum absolute atomic E-state index is 5.28. The number of hydrogen-bond acceptors (Lipinski definition) is 3. The Kier molecular flexibility index (Phi) is 8.86.